The van der Waals surface area contributed by atoms with Crippen LogP contribution in [0, 0.1) is 0 Å². The molecular weight excluding hydrogens is 280 g/mol. The molecule has 0 saturated carbocycles. The van der Waals surface area contributed by atoms with Gasteiger partial charge in [0, 0.05) is 12.4 Å². The van der Waals surface area contributed by atoms with E-state index in [4.69, 9.17) is 16.3 Å². The van der Waals surface area contributed by atoms with Gasteiger partial charge in [-0.25, -0.2) is 4.79 Å². The van der Waals surface area contributed by atoms with E-state index in [1.165, 1.54) is 0 Å². The molecule has 0 saturated heterocycles. The summed E-state index contributed by atoms with van der Waals surface area (Å²) >= 11 is 5.52. The van der Waals surface area contributed by atoms with Gasteiger partial charge in [0.25, 0.3) is 0 Å². The number of carbonyl (C=O) groups excluding carboxylic acids is 2. The molecule has 0 spiro atoms. The third-order valence-corrected chi connectivity index (χ3v) is 2.76. The van der Waals surface area contributed by atoms with E-state index in [1.54, 1.807) is 6.92 Å². The maximum absolute atomic E-state index is 11.8. The van der Waals surface area contributed by atoms with E-state index in [-0.39, 0.29) is 18.9 Å². The van der Waals surface area contributed by atoms with Crippen molar-refractivity contribution >= 4 is 23.6 Å². The molecule has 5 nitrogen and oxygen atoms in total. The molecule has 0 aromatic heterocycles. The summed E-state index contributed by atoms with van der Waals surface area (Å²) in [5.41, 5.74) is 0.849. The van der Waals surface area contributed by atoms with Gasteiger partial charge in [0.1, 0.15) is 0 Å². The van der Waals surface area contributed by atoms with E-state index in [1.807, 2.05) is 30.3 Å². The Hall–Kier alpha value is -1.75. The average molecular weight is 299 g/mol. The van der Waals surface area contributed by atoms with Gasteiger partial charge in [0.2, 0.25) is 5.91 Å². The Morgan fingerprint density at radius 3 is 2.60 bits per heavy atom. The molecule has 0 aliphatic heterocycles. The predicted molar refractivity (Wildman–Crippen MR) is 77.7 cm³/mol. The van der Waals surface area contributed by atoms with Crippen molar-refractivity contribution in [3.05, 3.63) is 35.9 Å². The zero-order valence-electron chi connectivity index (χ0n) is 11.4. The number of rotatable bonds is 7. The van der Waals surface area contributed by atoms with Crippen LogP contribution in [-0.4, -0.2) is 31.0 Å². The number of alkyl halides is 1. The number of halogens is 1. The van der Waals surface area contributed by atoms with Crippen LogP contribution < -0.4 is 10.6 Å². The smallest absolute Gasteiger partial charge is 0.407 e. The van der Waals surface area contributed by atoms with E-state index in [9.17, 15) is 9.59 Å². The first-order chi connectivity index (χ1) is 9.67. The van der Waals surface area contributed by atoms with Gasteiger partial charge in [-0.1, -0.05) is 30.3 Å². The topological polar surface area (TPSA) is 67.4 Å². The fourth-order valence-electron chi connectivity index (χ4n) is 1.70. The molecule has 0 fully saturated rings. The van der Waals surface area contributed by atoms with Gasteiger partial charge >= 0.3 is 6.09 Å². The molecule has 0 unspecified atom stereocenters. The van der Waals surface area contributed by atoms with Gasteiger partial charge in [-0.15, -0.1) is 11.6 Å². The molecule has 6 heteroatoms. The molecule has 1 rings (SSSR count). The van der Waals surface area contributed by atoms with E-state index < -0.39 is 12.1 Å². The molecule has 0 aliphatic rings. The van der Waals surface area contributed by atoms with Gasteiger partial charge in [-0.3, -0.25) is 4.79 Å². The Morgan fingerprint density at radius 1 is 1.30 bits per heavy atom. The van der Waals surface area contributed by atoms with Crippen molar-refractivity contribution in [3.63, 3.8) is 0 Å². The minimum atomic E-state index is -0.536. The van der Waals surface area contributed by atoms with Crippen LogP contribution >= 0.6 is 11.6 Å². The number of hydrogen-bond donors (Lipinski definition) is 2. The van der Waals surface area contributed by atoms with Crippen molar-refractivity contribution in [1.82, 2.24) is 10.6 Å². The Balaban J connectivity index is 2.69. The van der Waals surface area contributed by atoms with Gasteiger partial charge in [-0.05, 0) is 12.5 Å². The third-order valence-electron chi connectivity index (χ3n) is 2.58. The van der Waals surface area contributed by atoms with Crippen molar-refractivity contribution in [2.24, 2.45) is 0 Å². The fraction of sp³-hybridized carbons (Fsp3) is 0.429. The summed E-state index contributed by atoms with van der Waals surface area (Å²) in [7, 11) is 0. The second-order valence-electron chi connectivity index (χ2n) is 4.07. The highest BCUT2D eigenvalue weighted by Crippen LogP contribution is 2.16. The highest BCUT2D eigenvalue weighted by molar-refractivity contribution is 6.18. The number of nitrogens with one attached hydrogen (secondary N) is 2. The number of alkyl carbamates (subject to hydrolysis) is 1. The molecule has 1 aromatic rings. The number of ether oxygens (including phenoxy) is 1. The summed E-state index contributed by atoms with van der Waals surface area (Å²) in [6.07, 6.45) is -0.397. The molecule has 20 heavy (non-hydrogen) atoms. The van der Waals surface area contributed by atoms with E-state index >= 15 is 0 Å². The van der Waals surface area contributed by atoms with Crippen LogP contribution in [0.2, 0.25) is 0 Å². The second-order valence-corrected chi connectivity index (χ2v) is 4.45. The van der Waals surface area contributed by atoms with Gasteiger partial charge in [0.15, 0.2) is 0 Å². The maximum Gasteiger partial charge on any atom is 0.407 e. The molecule has 0 radical (unpaired) electrons. The molecule has 1 atom stereocenters. The summed E-state index contributed by atoms with van der Waals surface area (Å²) in [5.74, 6) is 0.184. The summed E-state index contributed by atoms with van der Waals surface area (Å²) in [6.45, 7) is 2.41. The molecule has 2 amide bonds. The number of amides is 2. The first-order valence-electron chi connectivity index (χ1n) is 6.48. The van der Waals surface area contributed by atoms with Crippen LogP contribution in [-0.2, 0) is 9.53 Å². The van der Waals surface area contributed by atoms with Gasteiger partial charge in [-0.2, -0.15) is 0 Å². The average Bonchev–Trinajstić information content (AvgIpc) is 2.45. The van der Waals surface area contributed by atoms with Crippen LogP contribution in [0.3, 0.4) is 0 Å². The zero-order chi connectivity index (χ0) is 14.8. The monoisotopic (exact) mass is 298 g/mol. The highest BCUT2D eigenvalue weighted by Gasteiger charge is 2.18. The van der Waals surface area contributed by atoms with Crippen molar-refractivity contribution in [3.8, 4) is 0 Å². The Kier molecular flexibility index (Phi) is 7.50. The molecule has 0 aliphatic carbocycles. The molecule has 2 N–H and O–H groups in total. The molecule has 110 valence electrons. The quantitative estimate of drug-likeness (QED) is 0.759. The van der Waals surface area contributed by atoms with Crippen molar-refractivity contribution in [2.75, 3.05) is 19.0 Å². The van der Waals surface area contributed by atoms with Crippen molar-refractivity contribution in [2.45, 2.75) is 19.4 Å². The second kappa shape index (κ2) is 9.20. The lowest BCUT2D eigenvalue weighted by molar-refractivity contribution is -0.121. The Labute approximate surface area is 123 Å². The van der Waals surface area contributed by atoms with Crippen LogP contribution in [0.4, 0.5) is 4.79 Å². The summed E-state index contributed by atoms with van der Waals surface area (Å²) in [4.78, 5) is 23.3. The first kappa shape index (κ1) is 16.3. The molecular formula is C14H19ClN2O3. The predicted octanol–water partition coefficient (Wildman–Crippen LogP) is 2.22. The van der Waals surface area contributed by atoms with Gasteiger partial charge in [0.05, 0.1) is 19.1 Å². The summed E-state index contributed by atoms with van der Waals surface area (Å²) < 4.78 is 4.85. The lowest BCUT2D eigenvalue weighted by Crippen LogP contribution is -2.34. The minimum absolute atomic E-state index is 0.139. The van der Waals surface area contributed by atoms with Crippen LogP contribution in [0.15, 0.2) is 30.3 Å². The third kappa shape index (κ3) is 5.93. The standard InChI is InChI=1S/C14H19ClN2O3/c1-2-20-14(19)17-12(10-13(18)16-9-8-15)11-6-4-3-5-7-11/h3-7,12H,2,8-10H2,1H3,(H,16,18)(H,17,19)/t12-/m1/s1. The SMILES string of the molecule is CCOC(=O)N[C@H](CC(=O)NCCCl)c1ccccc1. The first-order valence-corrected chi connectivity index (χ1v) is 7.01. The van der Waals surface area contributed by atoms with E-state index in [2.05, 4.69) is 10.6 Å². The molecule has 0 bridgehead atoms. The van der Waals surface area contributed by atoms with Crippen LogP contribution in [0.5, 0.6) is 0 Å². The minimum Gasteiger partial charge on any atom is -0.450 e. The van der Waals surface area contributed by atoms with Gasteiger partial charge < -0.3 is 15.4 Å². The molecule has 1 aromatic carbocycles. The Bertz CT molecular complexity index is 426. The lowest BCUT2D eigenvalue weighted by atomic mass is 10.0. The van der Waals surface area contributed by atoms with Crippen molar-refractivity contribution < 1.29 is 14.3 Å². The van der Waals surface area contributed by atoms with Crippen LogP contribution in [0.1, 0.15) is 24.9 Å². The summed E-state index contributed by atoms with van der Waals surface area (Å²) in [5, 5.41) is 5.36. The van der Waals surface area contributed by atoms with E-state index in [0.717, 1.165) is 5.56 Å². The number of hydrogen-bond acceptors (Lipinski definition) is 3. The number of benzene rings is 1. The number of carbonyl (C=O) groups is 2. The molecule has 0 heterocycles. The lowest BCUT2D eigenvalue weighted by Gasteiger charge is -2.18. The van der Waals surface area contributed by atoms with Crippen molar-refractivity contribution in [1.29, 1.82) is 0 Å². The maximum atomic E-state index is 11.8. The largest absolute Gasteiger partial charge is 0.450 e. The summed E-state index contributed by atoms with van der Waals surface area (Å²) in [6, 6.07) is 8.86. The normalized spacial score (nSPS) is 11.5. The fourth-order valence-corrected chi connectivity index (χ4v) is 1.79. The van der Waals surface area contributed by atoms with E-state index in [0.29, 0.717) is 12.4 Å². The van der Waals surface area contributed by atoms with Crippen LogP contribution in [0.25, 0.3) is 0 Å². The zero-order valence-corrected chi connectivity index (χ0v) is 12.2. The highest BCUT2D eigenvalue weighted by atomic mass is 35.5. The Morgan fingerprint density at radius 2 is 2.00 bits per heavy atom.